The summed E-state index contributed by atoms with van der Waals surface area (Å²) < 4.78 is 2.84. The zero-order chi connectivity index (χ0) is 24.4. The summed E-state index contributed by atoms with van der Waals surface area (Å²) in [6.07, 6.45) is 3.35. The van der Waals surface area contributed by atoms with Gasteiger partial charge in [0.05, 0.1) is 30.6 Å². The normalized spacial score (nSPS) is 12.1. The molecule has 0 amide bonds. The van der Waals surface area contributed by atoms with Crippen LogP contribution in [0.25, 0.3) is 16.4 Å². The van der Waals surface area contributed by atoms with E-state index in [1.807, 2.05) is 31.3 Å². The molecule has 0 spiro atoms. The number of aromatic nitrogens is 3. The molecule has 0 radical (unpaired) electrons. The number of para-hydroxylation sites is 1. The number of rotatable bonds is 8. The Hall–Kier alpha value is -2.39. The maximum Gasteiger partial charge on any atom is 0.272 e. The fourth-order valence-corrected chi connectivity index (χ4v) is 6.14. The summed E-state index contributed by atoms with van der Waals surface area (Å²) in [5, 5.41) is 18.2. The van der Waals surface area contributed by atoms with Crippen molar-refractivity contribution in [2.45, 2.75) is 43.1 Å². The van der Waals surface area contributed by atoms with Crippen LogP contribution in [0, 0.1) is 17.0 Å². The minimum Gasteiger partial charge on any atom is -0.258 e. The molecule has 2 aromatic heterocycles. The molecule has 0 fully saturated rings. The molecule has 0 bridgehead atoms. The first-order valence-corrected chi connectivity index (χ1v) is 13.1. The molecule has 0 aliphatic carbocycles. The van der Waals surface area contributed by atoms with Gasteiger partial charge in [0.25, 0.3) is 5.69 Å². The van der Waals surface area contributed by atoms with Gasteiger partial charge in [-0.05, 0) is 31.0 Å². The van der Waals surface area contributed by atoms with Crippen molar-refractivity contribution in [1.29, 1.82) is 0 Å². The van der Waals surface area contributed by atoms with Gasteiger partial charge in [-0.1, -0.05) is 72.7 Å². The first kappa shape index (κ1) is 24.7. The van der Waals surface area contributed by atoms with Crippen LogP contribution in [0.2, 0.25) is 10.0 Å². The number of nitro benzene ring substituents is 1. The van der Waals surface area contributed by atoms with Crippen molar-refractivity contribution in [2.24, 2.45) is 0 Å². The standard InChI is InChI=1S/C24H22Cl2N4O2S2/c1-4-14(2)33-23-22(17-9-10-19(25)20(26)12-17)27-24(34-23)29-13-18(15(3)28-29)11-16-7-5-6-8-21(16)30(31)32/h5-10,12-14H,4,11H2,1-3H3. The Morgan fingerprint density at radius 2 is 1.94 bits per heavy atom. The third kappa shape index (κ3) is 5.30. The Bertz CT molecular complexity index is 1350. The number of nitrogens with zero attached hydrogens (tertiary/aromatic N) is 4. The summed E-state index contributed by atoms with van der Waals surface area (Å²) in [7, 11) is 0. The topological polar surface area (TPSA) is 73.8 Å². The maximum atomic E-state index is 11.4. The van der Waals surface area contributed by atoms with E-state index in [2.05, 4.69) is 18.9 Å². The Morgan fingerprint density at radius 1 is 1.18 bits per heavy atom. The Morgan fingerprint density at radius 3 is 2.65 bits per heavy atom. The molecular weight excluding hydrogens is 511 g/mol. The van der Waals surface area contributed by atoms with Gasteiger partial charge in [-0.3, -0.25) is 10.1 Å². The van der Waals surface area contributed by atoms with Crippen molar-refractivity contribution in [3.8, 4) is 16.4 Å². The van der Waals surface area contributed by atoms with Crippen LogP contribution in [0.3, 0.4) is 0 Å². The molecule has 4 aromatic rings. The molecular formula is C24H22Cl2N4O2S2. The minimum absolute atomic E-state index is 0.109. The summed E-state index contributed by atoms with van der Waals surface area (Å²) in [4.78, 5) is 16.0. The molecule has 0 aliphatic heterocycles. The second-order valence-electron chi connectivity index (χ2n) is 7.85. The van der Waals surface area contributed by atoms with Crippen molar-refractivity contribution >= 4 is 52.0 Å². The van der Waals surface area contributed by atoms with E-state index in [-0.39, 0.29) is 10.6 Å². The second kappa shape index (κ2) is 10.5. The Balaban J connectivity index is 1.72. The molecule has 34 heavy (non-hydrogen) atoms. The van der Waals surface area contributed by atoms with Crippen molar-refractivity contribution in [3.63, 3.8) is 0 Å². The number of nitro groups is 1. The quantitative estimate of drug-likeness (QED) is 0.130. The van der Waals surface area contributed by atoms with E-state index >= 15 is 0 Å². The van der Waals surface area contributed by atoms with Gasteiger partial charge in [-0.15, -0.1) is 11.8 Å². The largest absolute Gasteiger partial charge is 0.272 e. The summed E-state index contributed by atoms with van der Waals surface area (Å²) in [5.41, 5.74) is 4.22. The highest BCUT2D eigenvalue weighted by Crippen LogP contribution is 2.41. The first-order chi connectivity index (χ1) is 16.3. The monoisotopic (exact) mass is 532 g/mol. The molecule has 4 rings (SSSR count). The molecule has 0 N–H and O–H groups in total. The molecule has 0 saturated heterocycles. The minimum atomic E-state index is -0.349. The van der Waals surface area contributed by atoms with E-state index in [1.165, 1.54) is 6.07 Å². The smallest absolute Gasteiger partial charge is 0.258 e. The van der Waals surface area contributed by atoms with Crippen molar-refractivity contribution in [3.05, 3.63) is 85.6 Å². The van der Waals surface area contributed by atoms with Crippen LogP contribution in [0.4, 0.5) is 5.69 Å². The van der Waals surface area contributed by atoms with Crippen LogP contribution < -0.4 is 0 Å². The first-order valence-electron chi connectivity index (χ1n) is 10.7. The number of hydrogen-bond donors (Lipinski definition) is 0. The van der Waals surface area contributed by atoms with E-state index in [1.54, 1.807) is 46.0 Å². The second-order valence-corrected chi connectivity index (χ2v) is 11.3. The van der Waals surface area contributed by atoms with Gasteiger partial charge in [-0.2, -0.15) is 5.10 Å². The zero-order valence-electron chi connectivity index (χ0n) is 18.8. The van der Waals surface area contributed by atoms with Crippen LogP contribution in [-0.2, 0) is 6.42 Å². The number of halogens is 2. The molecule has 1 unspecified atom stereocenters. The van der Waals surface area contributed by atoms with Gasteiger partial charge in [0, 0.05) is 35.1 Å². The summed E-state index contributed by atoms with van der Waals surface area (Å²) in [6, 6.07) is 12.3. The number of thiazole rings is 1. The third-order valence-electron chi connectivity index (χ3n) is 5.43. The van der Waals surface area contributed by atoms with Crippen LogP contribution in [0.5, 0.6) is 0 Å². The fourth-order valence-electron chi connectivity index (χ4n) is 3.38. The zero-order valence-corrected chi connectivity index (χ0v) is 21.9. The number of aryl methyl sites for hydroxylation is 1. The van der Waals surface area contributed by atoms with Gasteiger partial charge >= 0.3 is 0 Å². The van der Waals surface area contributed by atoms with Crippen LogP contribution in [-0.4, -0.2) is 24.9 Å². The lowest BCUT2D eigenvalue weighted by molar-refractivity contribution is -0.385. The SMILES string of the molecule is CCC(C)Sc1sc(-n2cc(Cc3ccccc3[N+](=O)[O-])c(C)n2)nc1-c1ccc(Cl)c(Cl)c1. The lowest BCUT2D eigenvalue weighted by atomic mass is 10.0. The van der Waals surface area contributed by atoms with E-state index in [9.17, 15) is 10.1 Å². The van der Waals surface area contributed by atoms with Crippen LogP contribution in [0.15, 0.2) is 52.9 Å². The summed E-state index contributed by atoms with van der Waals surface area (Å²) in [5.74, 6) is 0. The number of benzene rings is 2. The molecule has 0 aliphatic rings. The Kier molecular flexibility index (Phi) is 7.62. The fraction of sp³-hybridized carbons (Fsp3) is 0.250. The van der Waals surface area contributed by atoms with Gasteiger partial charge in [0.1, 0.15) is 0 Å². The van der Waals surface area contributed by atoms with Crippen molar-refractivity contribution in [2.75, 3.05) is 0 Å². The molecule has 10 heteroatoms. The number of hydrogen-bond acceptors (Lipinski definition) is 6. The average Bonchev–Trinajstić information content (AvgIpc) is 3.39. The molecule has 6 nitrogen and oxygen atoms in total. The van der Waals surface area contributed by atoms with Gasteiger partial charge in [-0.25, -0.2) is 9.67 Å². The van der Waals surface area contributed by atoms with E-state index < -0.39 is 0 Å². The van der Waals surface area contributed by atoms with E-state index in [4.69, 9.17) is 28.2 Å². The van der Waals surface area contributed by atoms with Crippen molar-refractivity contribution in [1.82, 2.24) is 14.8 Å². The van der Waals surface area contributed by atoms with Crippen molar-refractivity contribution < 1.29 is 4.92 Å². The lowest BCUT2D eigenvalue weighted by Crippen LogP contribution is -1.96. The Labute approximate surface area is 216 Å². The van der Waals surface area contributed by atoms with E-state index in [0.717, 1.165) is 38.3 Å². The van der Waals surface area contributed by atoms with Crippen LogP contribution in [0.1, 0.15) is 37.1 Å². The average molecular weight is 534 g/mol. The third-order valence-corrected chi connectivity index (χ3v) is 8.69. The predicted molar refractivity (Wildman–Crippen MR) is 141 cm³/mol. The van der Waals surface area contributed by atoms with Gasteiger partial charge in [0.15, 0.2) is 0 Å². The predicted octanol–water partition coefficient (Wildman–Crippen LogP) is 8.00. The van der Waals surface area contributed by atoms with E-state index in [0.29, 0.717) is 27.3 Å². The molecule has 0 saturated carbocycles. The maximum absolute atomic E-state index is 11.4. The molecule has 2 heterocycles. The molecule has 176 valence electrons. The molecule has 1 atom stereocenters. The van der Waals surface area contributed by atoms with Gasteiger partial charge < -0.3 is 0 Å². The lowest BCUT2D eigenvalue weighted by Gasteiger charge is -2.08. The molecule has 2 aromatic carbocycles. The summed E-state index contributed by atoms with van der Waals surface area (Å²) >= 11 is 15.7. The van der Waals surface area contributed by atoms with Crippen LogP contribution >= 0.6 is 46.3 Å². The highest BCUT2D eigenvalue weighted by Gasteiger charge is 2.20. The highest BCUT2D eigenvalue weighted by molar-refractivity contribution is 8.01. The highest BCUT2D eigenvalue weighted by atomic mass is 35.5. The summed E-state index contributed by atoms with van der Waals surface area (Å²) in [6.45, 7) is 6.25. The van der Waals surface area contributed by atoms with Gasteiger partial charge in [0.2, 0.25) is 5.13 Å². The number of thioether (sulfide) groups is 1.